The second kappa shape index (κ2) is 8.68. The molecule has 1 aromatic carbocycles. The molecule has 0 bridgehead atoms. The van der Waals surface area contributed by atoms with Crippen LogP contribution in [-0.4, -0.2) is 30.3 Å². The molecule has 4 aromatic rings. The second-order valence-electron chi connectivity index (χ2n) is 6.86. The number of carbonyl (C=O) groups is 1. The summed E-state index contributed by atoms with van der Waals surface area (Å²) in [7, 11) is 0. The SMILES string of the molecule is Cc1cc(C(F)(F)F)n2nc(C(=O)Nc3nn(Cc4c(Cl)cccc4Cl)cc3Cl)c(Cl)c2n1. The van der Waals surface area contributed by atoms with Gasteiger partial charge in [0.25, 0.3) is 5.91 Å². The van der Waals surface area contributed by atoms with Crippen LogP contribution in [0.15, 0.2) is 30.5 Å². The summed E-state index contributed by atoms with van der Waals surface area (Å²) in [5.74, 6) is -0.975. The van der Waals surface area contributed by atoms with Crippen LogP contribution in [0.3, 0.4) is 0 Å². The van der Waals surface area contributed by atoms with Gasteiger partial charge in [-0.2, -0.15) is 23.4 Å². The Balaban J connectivity index is 1.65. The molecule has 0 spiro atoms. The first-order chi connectivity index (χ1) is 15.5. The zero-order valence-corrected chi connectivity index (χ0v) is 19.4. The van der Waals surface area contributed by atoms with Crippen molar-refractivity contribution in [3.05, 3.63) is 73.2 Å². The van der Waals surface area contributed by atoms with Crippen LogP contribution in [0.25, 0.3) is 5.65 Å². The number of benzene rings is 1. The summed E-state index contributed by atoms with van der Waals surface area (Å²) >= 11 is 24.6. The Morgan fingerprint density at radius 3 is 2.39 bits per heavy atom. The highest BCUT2D eigenvalue weighted by Gasteiger charge is 2.36. The van der Waals surface area contributed by atoms with Gasteiger partial charge in [0.05, 0.1) is 6.54 Å². The molecule has 1 N–H and O–H groups in total. The zero-order valence-electron chi connectivity index (χ0n) is 16.4. The molecule has 172 valence electrons. The van der Waals surface area contributed by atoms with Crippen LogP contribution in [0, 0.1) is 6.92 Å². The van der Waals surface area contributed by atoms with Gasteiger partial charge >= 0.3 is 6.18 Å². The van der Waals surface area contributed by atoms with Crippen molar-refractivity contribution in [2.75, 3.05) is 5.32 Å². The highest BCUT2D eigenvalue weighted by atomic mass is 35.5. The van der Waals surface area contributed by atoms with Crippen LogP contribution in [-0.2, 0) is 12.7 Å². The average molecular weight is 538 g/mol. The Morgan fingerprint density at radius 1 is 1.09 bits per heavy atom. The Bertz CT molecular complexity index is 1380. The van der Waals surface area contributed by atoms with E-state index in [0.717, 1.165) is 6.07 Å². The van der Waals surface area contributed by atoms with Gasteiger partial charge < -0.3 is 5.32 Å². The van der Waals surface area contributed by atoms with Crippen LogP contribution in [0.4, 0.5) is 19.0 Å². The van der Waals surface area contributed by atoms with E-state index in [0.29, 0.717) is 20.1 Å². The number of fused-ring (bicyclic) bond motifs is 1. The Morgan fingerprint density at radius 2 is 1.76 bits per heavy atom. The quantitative estimate of drug-likeness (QED) is 0.338. The monoisotopic (exact) mass is 536 g/mol. The van der Waals surface area contributed by atoms with Crippen LogP contribution in [0.5, 0.6) is 0 Å². The van der Waals surface area contributed by atoms with E-state index in [1.165, 1.54) is 17.8 Å². The predicted molar refractivity (Wildman–Crippen MR) is 118 cm³/mol. The van der Waals surface area contributed by atoms with Crippen molar-refractivity contribution in [3.63, 3.8) is 0 Å². The minimum absolute atomic E-state index is 0.0573. The van der Waals surface area contributed by atoms with E-state index in [1.807, 2.05) is 0 Å². The molecule has 0 fully saturated rings. The number of alkyl halides is 3. The van der Waals surface area contributed by atoms with Gasteiger partial charge in [-0.05, 0) is 25.1 Å². The molecule has 0 unspecified atom stereocenters. The summed E-state index contributed by atoms with van der Waals surface area (Å²) in [5.41, 5.74) is -1.25. The van der Waals surface area contributed by atoms with Gasteiger partial charge in [-0.25, -0.2) is 9.50 Å². The number of hydrogen-bond donors (Lipinski definition) is 1. The Hall–Kier alpha value is -2.53. The van der Waals surface area contributed by atoms with E-state index >= 15 is 0 Å². The summed E-state index contributed by atoms with van der Waals surface area (Å²) in [6, 6.07) is 5.81. The number of anilines is 1. The standard InChI is InChI=1S/C19H11Cl4F3N6O/c1-8-5-13(19(24,25)26)32-17(27-8)14(23)15(29-32)18(33)28-16-12(22)7-31(30-16)6-9-10(20)3-2-4-11(9)21/h2-5,7H,6H2,1H3,(H,28,30,33). The maximum Gasteiger partial charge on any atom is 0.433 e. The molecule has 33 heavy (non-hydrogen) atoms. The molecule has 4 rings (SSSR count). The van der Waals surface area contributed by atoms with Crippen LogP contribution in [0.2, 0.25) is 20.1 Å². The number of halogens is 7. The molecular weight excluding hydrogens is 527 g/mol. The molecule has 0 aliphatic heterocycles. The van der Waals surface area contributed by atoms with Crippen molar-refractivity contribution in [1.82, 2.24) is 24.4 Å². The third kappa shape index (κ3) is 4.61. The molecular formula is C19H11Cl4F3N6O. The van der Waals surface area contributed by atoms with Crippen LogP contribution >= 0.6 is 46.4 Å². The van der Waals surface area contributed by atoms with Crippen molar-refractivity contribution in [1.29, 1.82) is 0 Å². The minimum Gasteiger partial charge on any atom is -0.302 e. The molecule has 1 amide bonds. The zero-order chi connectivity index (χ0) is 24.1. The summed E-state index contributed by atoms with van der Waals surface area (Å²) < 4.78 is 42.1. The maximum atomic E-state index is 13.4. The van der Waals surface area contributed by atoms with Gasteiger partial charge in [0.15, 0.2) is 17.2 Å². The number of amides is 1. The molecule has 7 nitrogen and oxygen atoms in total. The highest BCUT2D eigenvalue weighted by molar-refractivity contribution is 6.37. The molecule has 0 aliphatic carbocycles. The summed E-state index contributed by atoms with van der Waals surface area (Å²) in [4.78, 5) is 16.7. The third-order valence-corrected chi connectivity index (χ3v) is 5.83. The van der Waals surface area contributed by atoms with E-state index in [1.54, 1.807) is 18.2 Å². The van der Waals surface area contributed by atoms with Crippen molar-refractivity contribution in [2.45, 2.75) is 19.6 Å². The topological polar surface area (TPSA) is 77.1 Å². The summed E-state index contributed by atoms with van der Waals surface area (Å²) in [6.45, 7) is 1.53. The molecule has 0 radical (unpaired) electrons. The molecule has 0 aliphatic rings. The largest absolute Gasteiger partial charge is 0.433 e. The normalized spacial score (nSPS) is 11.9. The maximum absolute atomic E-state index is 13.4. The molecule has 3 aromatic heterocycles. The Kier molecular flexibility index (Phi) is 6.21. The van der Waals surface area contributed by atoms with E-state index in [4.69, 9.17) is 46.4 Å². The number of aryl methyl sites for hydroxylation is 1. The minimum atomic E-state index is -4.74. The molecule has 0 atom stereocenters. The third-order valence-electron chi connectivity index (χ3n) is 4.50. The summed E-state index contributed by atoms with van der Waals surface area (Å²) in [6.07, 6.45) is -3.31. The summed E-state index contributed by atoms with van der Waals surface area (Å²) in [5, 5.41) is 10.8. The first-order valence-corrected chi connectivity index (χ1v) is 10.6. The average Bonchev–Trinajstić information content (AvgIpc) is 3.23. The molecule has 0 saturated carbocycles. The molecule has 3 heterocycles. The number of nitrogens with zero attached hydrogens (tertiary/aromatic N) is 5. The Labute approximate surface area is 204 Å². The van der Waals surface area contributed by atoms with Crippen molar-refractivity contribution in [2.24, 2.45) is 0 Å². The van der Waals surface area contributed by atoms with Crippen molar-refractivity contribution < 1.29 is 18.0 Å². The van der Waals surface area contributed by atoms with E-state index in [2.05, 4.69) is 20.5 Å². The highest BCUT2D eigenvalue weighted by Crippen LogP contribution is 2.33. The fourth-order valence-corrected chi connectivity index (χ4v) is 4.00. The smallest absolute Gasteiger partial charge is 0.302 e. The van der Waals surface area contributed by atoms with Gasteiger partial charge in [0.2, 0.25) is 0 Å². The lowest BCUT2D eigenvalue weighted by Gasteiger charge is -2.09. The lowest BCUT2D eigenvalue weighted by molar-refractivity contribution is -0.142. The van der Waals surface area contributed by atoms with Crippen LogP contribution < -0.4 is 5.32 Å². The van der Waals surface area contributed by atoms with Crippen LogP contribution in [0.1, 0.15) is 27.4 Å². The molecule has 0 saturated heterocycles. The van der Waals surface area contributed by atoms with Crippen molar-refractivity contribution in [3.8, 4) is 0 Å². The van der Waals surface area contributed by atoms with Gasteiger partial charge in [0, 0.05) is 27.5 Å². The van der Waals surface area contributed by atoms with Gasteiger partial charge in [-0.15, -0.1) is 0 Å². The van der Waals surface area contributed by atoms with Gasteiger partial charge in [-0.1, -0.05) is 52.5 Å². The van der Waals surface area contributed by atoms with Gasteiger partial charge in [-0.3, -0.25) is 9.48 Å². The first-order valence-electron chi connectivity index (χ1n) is 9.06. The van der Waals surface area contributed by atoms with Crippen molar-refractivity contribution >= 4 is 63.8 Å². The second-order valence-corrected chi connectivity index (χ2v) is 8.46. The molecule has 14 heteroatoms. The van der Waals surface area contributed by atoms with E-state index < -0.39 is 23.5 Å². The number of nitrogens with one attached hydrogen (secondary N) is 1. The fraction of sp³-hybridized carbons (Fsp3) is 0.158. The first kappa shape index (κ1) is 23.6. The van der Waals surface area contributed by atoms with Gasteiger partial charge in [0.1, 0.15) is 15.7 Å². The lowest BCUT2D eigenvalue weighted by atomic mass is 10.2. The number of hydrogen-bond acceptors (Lipinski definition) is 4. The number of rotatable bonds is 4. The number of aromatic nitrogens is 5. The van der Waals surface area contributed by atoms with E-state index in [9.17, 15) is 18.0 Å². The fourth-order valence-electron chi connectivity index (χ4n) is 3.03. The predicted octanol–water partition coefficient (Wildman–Crippen LogP) is 6.17. The lowest BCUT2D eigenvalue weighted by Crippen LogP contribution is -2.16. The van der Waals surface area contributed by atoms with E-state index in [-0.39, 0.29) is 33.7 Å². The number of carbonyl (C=O) groups excluding carboxylic acids is 1.